The van der Waals surface area contributed by atoms with E-state index < -0.39 is 7.12 Å². The van der Waals surface area contributed by atoms with Crippen molar-refractivity contribution in [3.05, 3.63) is 45.0 Å². The molecule has 2 amide bonds. The molecule has 188 valence electrons. The zero-order valence-corrected chi connectivity index (χ0v) is 22.4. The minimum absolute atomic E-state index is 0.0468. The number of fused-ring (bicyclic) bond motifs is 3. The molecule has 0 radical (unpaired) electrons. The number of nitrogens with zero attached hydrogens (tertiary/aromatic N) is 1. The quantitative estimate of drug-likeness (QED) is 0.262. The van der Waals surface area contributed by atoms with Crippen LogP contribution in [0.25, 0.3) is 6.08 Å². The van der Waals surface area contributed by atoms with Crippen LogP contribution in [0.2, 0.25) is 6.32 Å². The van der Waals surface area contributed by atoms with E-state index in [0.29, 0.717) is 25.7 Å². The van der Waals surface area contributed by atoms with E-state index in [1.807, 2.05) is 25.1 Å². The average Bonchev–Trinajstić information content (AvgIpc) is 3.07. The smallest absolute Gasteiger partial charge is 0.455 e. The number of phenolic OH excluding ortho intramolecular Hbond substituents is 1. The van der Waals surface area contributed by atoms with Crippen LogP contribution >= 0.6 is 15.9 Å². The summed E-state index contributed by atoms with van der Waals surface area (Å²) in [5.74, 6) is -0.742. The lowest BCUT2D eigenvalue weighted by Gasteiger charge is -2.43. The largest absolute Gasteiger partial charge is 0.507 e. The molecule has 4 rings (SSSR count). The van der Waals surface area contributed by atoms with E-state index in [0.717, 1.165) is 41.3 Å². The van der Waals surface area contributed by atoms with E-state index in [-0.39, 0.29) is 41.4 Å². The summed E-state index contributed by atoms with van der Waals surface area (Å²) in [5, 5.41) is 20.9. The summed E-state index contributed by atoms with van der Waals surface area (Å²) >= 11 is 3.47. The lowest BCUT2D eigenvalue weighted by molar-refractivity contribution is -0.140. The van der Waals surface area contributed by atoms with E-state index >= 15 is 0 Å². The van der Waals surface area contributed by atoms with Gasteiger partial charge >= 0.3 is 7.12 Å². The minimum Gasteiger partial charge on any atom is -0.507 e. The molecule has 8 heteroatoms. The fraction of sp³-hybridized carbons (Fsp3) is 0.556. The number of amides is 2. The van der Waals surface area contributed by atoms with Crippen molar-refractivity contribution in [1.82, 2.24) is 4.90 Å². The Bertz CT molecular complexity index is 1050. The fourth-order valence-corrected chi connectivity index (χ4v) is 6.52. The van der Waals surface area contributed by atoms with Crippen LogP contribution in [0, 0.1) is 17.8 Å². The van der Waals surface area contributed by atoms with Gasteiger partial charge in [-0.1, -0.05) is 53.9 Å². The Morgan fingerprint density at radius 1 is 1.23 bits per heavy atom. The number of aromatic hydroxyl groups is 1. The molecular formula is C27H35BBrNO5. The lowest BCUT2D eigenvalue weighted by Crippen LogP contribution is -2.46. The number of likely N-dealkylation sites (tertiary alicyclic amines) is 1. The summed E-state index contributed by atoms with van der Waals surface area (Å²) in [6.07, 6.45) is 6.51. The van der Waals surface area contributed by atoms with Crippen molar-refractivity contribution >= 4 is 40.9 Å². The molecule has 0 unspecified atom stereocenters. The number of hydrogen-bond acceptors (Lipinski definition) is 5. The molecule has 2 saturated heterocycles. The standard InChI is InChI=1S/C27H35BBrNO5/c1-4-11-30-26(32)20-14-17(6-3)24-21(25(20)27(30)33)15-28(34)35-23(24)10-7-16(5-2)12-18-13-19(29)8-9-22(18)31/h8-9,12-13,20-21,23,25,31,34H,4-7,10-11,14-15H2,1-3H3/b16-12+/t20-,21+,23-,25-/m1/s1. The number of carbonyl (C=O) groups is 2. The van der Waals surface area contributed by atoms with Gasteiger partial charge in [-0.15, -0.1) is 0 Å². The van der Waals surface area contributed by atoms with Crippen LogP contribution in [0.4, 0.5) is 0 Å². The summed E-state index contributed by atoms with van der Waals surface area (Å²) in [6.45, 7) is 6.63. The molecule has 35 heavy (non-hydrogen) atoms. The predicted molar refractivity (Wildman–Crippen MR) is 140 cm³/mol. The lowest BCUT2D eigenvalue weighted by atomic mass is 9.58. The van der Waals surface area contributed by atoms with Gasteiger partial charge in [0.1, 0.15) is 5.75 Å². The fourth-order valence-electron chi connectivity index (χ4n) is 6.14. The summed E-state index contributed by atoms with van der Waals surface area (Å²) < 4.78 is 6.97. The topological polar surface area (TPSA) is 87.1 Å². The van der Waals surface area contributed by atoms with Crippen molar-refractivity contribution in [1.29, 1.82) is 0 Å². The molecule has 1 aromatic rings. The van der Waals surface area contributed by atoms with Gasteiger partial charge in [0.05, 0.1) is 17.9 Å². The predicted octanol–water partition coefficient (Wildman–Crippen LogP) is 5.35. The van der Waals surface area contributed by atoms with Crippen molar-refractivity contribution in [2.75, 3.05) is 6.54 Å². The second-order valence-corrected chi connectivity index (χ2v) is 10.8. The van der Waals surface area contributed by atoms with Crippen LogP contribution in [0.5, 0.6) is 5.75 Å². The van der Waals surface area contributed by atoms with Gasteiger partial charge in [-0.3, -0.25) is 14.5 Å². The van der Waals surface area contributed by atoms with Crippen molar-refractivity contribution in [2.45, 2.75) is 71.7 Å². The highest BCUT2D eigenvalue weighted by atomic mass is 79.9. The maximum absolute atomic E-state index is 13.3. The van der Waals surface area contributed by atoms with E-state index in [2.05, 4.69) is 29.8 Å². The van der Waals surface area contributed by atoms with Crippen LogP contribution < -0.4 is 0 Å². The Hall–Kier alpha value is -1.90. The second-order valence-electron chi connectivity index (χ2n) is 9.90. The number of rotatable bonds is 8. The third kappa shape index (κ3) is 5.16. The van der Waals surface area contributed by atoms with Gasteiger partial charge in [-0.2, -0.15) is 0 Å². The van der Waals surface area contributed by atoms with Crippen LogP contribution in [-0.4, -0.2) is 46.6 Å². The van der Waals surface area contributed by atoms with Gasteiger partial charge in [-0.05, 0) is 74.5 Å². The number of benzene rings is 1. The molecule has 6 nitrogen and oxygen atoms in total. The van der Waals surface area contributed by atoms with Gasteiger partial charge < -0.3 is 14.8 Å². The maximum atomic E-state index is 13.3. The molecule has 1 aromatic carbocycles. The third-order valence-electron chi connectivity index (χ3n) is 7.80. The van der Waals surface area contributed by atoms with Gasteiger partial charge in [0.2, 0.25) is 11.8 Å². The molecule has 2 heterocycles. The van der Waals surface area contributed by atoms with E-state index in [1.54, 1.807) is 6.07 Å². The molecular weight excluding hydrogens is 509 g/mol. The molecule has 4 atom stereocenters. The monoisotopic (exact) mass is 543 g/mol. The molecule has 0 aromatic heterocycles. The van der Waals surface area contributed by atoms with Gasteiger partial charge in [0, 0.05) is 16.6 Å². The van der Waals surface area contributed by atoms with Gasteiger partial charge in [0.25, 0.3) is 0 Å². The molecule has 0 spiro atoms. The van der Waals surface area contributed by atoms with Gasteiger partial charge in [0.15, 0.2) is 0 Å². The first kappa shape index (κ1) is 26.2. The first-order chi connectivity index (χ1) is 16.8. The third-order valence-corrected chi connectivity index (χ3v) is 8.30. The SMILES string of the molecule is CCCN1C(=O)[C@@H]2[C@@H](CC(CC)=C3[C@@H](CC/C(=C/c4cc(Br)ccc4O)CC)OB(O)C[C@@H]32)C1=O. The van der Waals surface area contributed by atoms with Crippen LogP contribution in [-0.2, 0) is 14.2 Å². The van der Waals surface area contributed by atoms with Crippen molar-refractivity contribution < 1.29 is 24.4 Å². The van der Waals surface area contributed by atoms with Crippen molar-refractivity contribution in [3.8, 4) is 5.75 Å². The number of imide groups is 1. The molecule has 1 aliphatic carbocycles. The molecule has 0 saturated carbocycles. The average molecular weight is 544 g/mol. The Morgan fingerprint density at radius 2 is 2.00 bits per heavy atom. The van der Waals surface area contributed by atoms with E-state index in [1.165, 1.54) is 16.0 Å². The maximum Gasteiger partial charge on any atom is 0.455 e. The molecule has 2 aliphatic heterocycles. The Balaban J connectivity index is 1.60. The number of hydrogen-bond donors (Lipinski definition) is 2. The van der Waals surface area contributed by atoms with Crippen LogP contribution in [0.3, 0.4) is 0 Å². The normalized spacial score (nSPS) is 26.9. The summed E-state index contributed by atoms with van der Waals surface area (Å²) in [4.78, 5) is 27.8. The first-order valence-electron chi connectivity index (χ1n) is 12.9. The van der Waals surface area contributed by atoms with Crippen LogP contribution in [0.1, 0.15) is 64.9 Å². The Labute approximate surface area is 216 Å². The van der Waals surface area contributed by atoms with E-state index in [9.17, 15) is 19.7 Å². The molecule has 2 N–H and O–H groups in total. The molecule has 2 fully saturated rings. The Kier molecular flexibility index (Phi) is 8.24. The number of phenols is 1. The Morgan fingerprint density at radius 3 is 2.69 bits per heavy atom. The minimum atomic E-state index is -0.947. The van der Waals surface area contributed by atoms with E-state index in [4.69, 9.17) is 4.65 Å². The highest BCUT2D eigenvalue weighted by molar-refractivity contribution is 9.10. The molecule has 0 bridgehead atoms. The van der Waals surface area contributed by atoms with Crippen molar-refractivity contribution in [2.24, 2.45) is 17.8 Å². The highest BCUT2D eigenvalue weighted by Crippen LogP contribution is 2.51. The zero-order chi connectivity index (χ0) is 25.3. The van der Waals surface area contributed by atoms with Crippen molar-refractivity contribution in [3.63, 3.8) is 0 Å². The van der Waals surface area contributed by atoms with Gasteiger partial charge in [-0.25, -0.2) is 0 Å². The second kappa shape index (κ2) is 11.0. The molecule has 3 aliphatic rings. The summed E-state index contributed by atoms with van der Waals surface area (Å²) in [5.41, 5.74) is 4.28. The summed E-state index contributed by atoms with van der Waals surface area (Å²) in [7, 11) is -0.947. The number of halogens is 1. The zero-order valence-electron chi connectivity index (χ0n) is 20.8. The van der Waals surface area contributed by atoms with Crippen LogP contribution in [0.15, 0.2) is 39.4 Å². The number of allylic oxidation sites excluding steroid dienone is 2. The number of carbonyl (C=O) groups excluding carboxylic acids is 2. The summed E-state index contributed by atoms with van der Waals surface area (Å²) in [6, 6.07) is 5.38. The highest BCUT2D eigenvalue weighted by Gasteiger charge is 2.56. The first-order valence-corrected chi connectivity index (χ1v) is 13.7.